The number of halogens is 3. The Morgan fingerprint density at radius 1 is 1.45 bits per heavy atom. The summed E-state index contributed by atoms with van der Waals surface area (Å²) in [5, 5.41) is 0.678. The van der Waals surface area contributed by atoms with E-state index < -0.39 is 0 Å². The van der Waals surface area contributed by atoms with E-state index in [9.17, 15) is 4.39 Å². The van der Waals surface area contributed by atoms with Crippen LogP contribution in [0.15, 0.2) is 16.6 Å². The molecule has 0 aliphatic carbocycles. The van der Waals surface area contributed by atoms with E-state index in [2.05, 4.69) is 31.9 Å². The fraction of sp³-hybridized carbons (Fsp3) is 0.250. The Morgan fingerprint density at radius 3 is 2.55 bits per heavy atom. The Balaban J connectivity index is 3.29. The summed E-state index contributed by atoms with van der Waals surface area (Å²) in [6.45, 7) is 1.96. The summed E-state index contributed by atoms with van der Waals surface area (Å²) in [7, 11) is 0. The summed E-state index contributed by atoms with van der Waals surface area (Å²) in [6.07, 6.45) is 0. The predicted molar refractivity (Wildman–Crippen MR) is 51.5 cm³/mol. The number of hydrogen-bond acceptors (Lipinski definition) is 0. The first-order valence-corrected chi connectivity index (χ1v) is 5.07. The van der Waals surface area contributed by atoms with Crippen LogP contribution in [0.5, 0.6) is 0 Å². The second kappa shape index (κ2) is 3.68. The SMILES string of the molecule is Cc1ccc(F)c(Br)c1CBr. The molecule has 0 radical (unpaired) electrons. The van der Waals surface area contributed by atoms with Crippen LogP contribution in [-0.2, 0) is 5.33 Å². The van der Waals surface area contributed by atoms with Gasteiger partial charge in [0.25, 0.3) is 0 Å². The molecular formula is C8H7Br2F. The van der Waals surface area contributed by atoms with Crippen LogP contribution in [0.3, 0.4) is 0 Å². The molecule has 0 N–H and O–H groups in total. The number of aryl methyl sites for hydroxylation is 1. The van der Waals surface area contributed by atoms with Crippen LogP contribution in [0.2, 0.25) is 0 Å². The zero-order valence-electron chi connectivity index (χ0n) is 6.00. The van der Waals surface area contributed by atoms with Gasteiger partial charge in [-0.25, -0.2) is 4.39 Å². The van der Waals surface area contributed by atoms with Gasteiger partial charge in [-0.1, -0.05) is 22.0 Å². The molecule has 0 aliphatic rings. The van der Waals surface area contributed by atoms with Crippen LogP contribution in [0.4, 0.5) is 4.39 Å². The first kappa shape index (κ1) is 9.20. The number of benzene rings is 1. The Hall–Kier alpha value is 0.110. The molecule has 0 unspecified atom stereocenters. The van der Waals surface area contributed by atoms with Crippen molar-refractivity contribution in [3.63, 3.8) is 0 Å². The van der Waals surface area contributed by atoms with Crippen LogP contribution in [0, 0.1) is 12.7 Å². The lowest BCUT2D eigenvalue weighted by atomic mass is 10.1. The fourth-order valence-corrected chi connectivity index (χ4v) is 2.54. The lowest BCUT2D eigenvalue weighted by molar-refractivity contribution is 0.619. The Morgan fingerprint density at radius 2 is 2.09 bits per heavy atom. The average molecular weight is 282 g/mol. The summed E-state index contributed by atoms with van der Waals surface area (Å²) in [5.74, 6) is -0.204. The largest absolute Gasteiger partial charge is 0.206 e. The molecular weight excluding hydrogens is 275 g/mol. The molecule has 1 rings (SSSR count). The van der Waals surface area contributed by atoms with E-state index in [1.165, 1.54) is 6.07 Å². The molecule has 0 saturated heterocycles. The van der Waals surface area contributed by atoms with Gasteiger partial charge >= 0.3 is 0 Å². The standard InChI is InChI=1S/C8H7Br2F/c1-5-2-3-7(11)8(10)6(5)4-9/h2-3H,4H2,1H3. The van der Waals surface area contributed by atoms with Crippen molar-refractivity contribution in [2.45, 2.75) is 12.3 Å². The van der Waals surface area contributed by atoms with Gasteiger partial charge < -0.3 is 0 Å². The second-order valence-corrected chi connectivity index (χ2v) is 3.64. The minimum absolute atomic E-state index is 0.204. The van der Waals surface area contributed by atoms with Crippen molar-refractivity contribution in [2.75, 3.05) is 0 Å². The highest BCUT2D eigenvalue weighted by Crippen LogP contribution is 2.25. The van der Waals surface area contributed by atoms with Crippen molar-refractivity contribution >= 4 is 31.9 Å². The summed E-state index contributed by atoms with van der Waals surface area (Å²) in [4.78, 5) is 0. The maximum Gasteiger partial charge on any atom is 0.137 e. The smallest absolute Gasteiger partial charge is 0.137 e. The van der Waals surface area contributed by atoms with Crippen LogP contribution in [0.25, 0.3) is 0 Å². The normalized spacial score (nSPS) is 10.2. The molecule has 0 fully saturated rings. The van der Waals surface area contributed by atoms with Gasteiger partial charge in [0, 0.05) is 5.33 Å². The minimum Gasteiger partial charge on any atom is -0.206 e. The topological polar surface area (TPSA) is 0 Å². The van der Waals surface area contributed by atoms with Gasteiger partial charge in [-0.2, -0.15) is 0 Å². The Labute approximate surface area is 82.1 Å². The molecule has 11 heavy (non-hydrogen) atoms. The summed E-state index contributed by atoms with van der Waals surface area (Å²) < 4.78 is 13.4. The molecule has 60 valence electrons. The molecule has 0 aromatic heterocycles. The zero-order chi connectivity index (χ0) is 8.43. The van der Waals surface area contributed by atoms with E-state index in [0.717, 1.165) is 11.1 Å². The lowest BCUT2D eigenvalue weighted by Crippen LogP contribution is -1.89. The molecule has 0 aliphatic heterocycles. The third-order valence-corrected chi connectivity index (χ3v) is 2.98. The van der Waals surface area contributed by atoms with Crippen molar-refractivity contribution in [3.8, 4) is 0 Å². The number of hydrogen-bond donors (Lipinski definition) is 0. The lowest BCUT2D eigenvalue weighted by Gasteiger charge is -2.04. The van der Waals surface area contributed by atoms with Gasteiger partial charge in [-0.15, -0.1) is 0 Å². The van der Waals surface area contributed by atoms with Crippen molar-refractivity contribution in [1.82, 2.24) is 0 Å². The maximum atomic E-state index is 12.9. The van der Waals surface area contributed by atoms with E-state index in [-0.39, 0.29) is 5.82 Å². The summed E-state index contributed by atoms with van der Waals surface area (Å²) in [6, 6.07) is 3.24. The molecule has 0 saturated carbocycles. The highest BCUT2D eigenvalue weighted by atomic mass is 79.9. The van der Waals surface area contributed by atoms with Gasteiger partial charge in [0.05, 0.1) is 4.47 Å². The summed E-state index contributed by atoms with van der Waals surface area (Å²) in [5.41, 5.74) is 2.07. The molecule has 0 heterocycles. The average Bonchev–Trinajstić information content (AvgIpc) is 1.99. The third kappa shape index (κ3) is 1.82. The van der Waals surface area contributed by atoms with Gasteiger partial charge in [-0.3, -0.25) is 0 Å². The Bertz CT molecular complexity index is 271. The molecule has 3 heteroatoms. The maximum absolute atomic E-state index is 12.9. The fourth-order valence-electron chi connectivity index (χ4n) is 0.853. The monoisotopic (exact) mass is 280 g/mol. The van der Waals surface area contributed by atoms with Crippen molar-refractivity contribution < 1.29 is 4.39 Å². The van der Waals surface area contributed by atoms with Gasteiger partial charge in [0.15, 0.2) is 0 Å². The second-order valence-electron chi connectivity index (χ2n) is 2.29. The van der Waals surface area contributed by atoms with Crippen molar-refractivity contribution in [2.24, 2.45) is 0 Å². The van der Waals surface area contributed by atoms with Crippen LogP contribution >= 0.6 is 31.9 Å². The van der Waals surface area contributed by atoms with E-state index in [4.69, 9.17) is 0 Å². The molecule has 0 atom stereocenters. The molecule has 0 bridgehead atoms. The van der Waals surface area contributed by atoms with Crippen LogP contribution < -0.4 is 0 Å². The van der Waals surface area contributed by atoms with E-state index in [0.29, 0.717) is 9.80 Å². The highest BCUT2D eigenvalue weighted by molar-refractivity contribution is 9.10. The predicted octanol–water partition coefficient (Wildman–Crippen LogP) is 3.79. The van der Waals surface area contributed by atoms with Crippen molar-refractivity contribution in [1.29, 1.82) is 0 Å². The molecule has 0 nitrogen and oxygen atoms in total. The van der Waals surface area contributed by atoms with Gasteiger partial charge in [-0.05, 0) is 40.0 Å². The molecule has 1 aromatic rings. The zero-order valence-corrected chi connectivity index (χ0v) is 9.17. The molecule has 0 spiro atoms. The number of rotatable bonds is 1. The van der Waals surface area contributed by atoms with Crippen LogP contribution in [-0.4, -0.2) is 0 Å². The van der Waals surface area contributed by atoms with Gasteiger partial charge in [0.2, 0.25) is 0 Å². The third-order valence-electron chi connectivity index (χ3n) is 1.56. The van der Waals surface area contributed by atoms with E-state index in [1.807, 2.05) is 6.92 Å². The van der Waals surface area contributed by atoms with Gasteiger partial charge in [0.1, 0.15) is 5.82 Å². The number of alkyl halides is 1. The Kier molecular flexibility index (Phi) is 3.07. The van der Waals surface area contributed by atoms with Crippen molar-refractivity contribution in [3.05, 3.63) is 33.5 Å². The molecule has 1 aromatic carbocycles. The van der Waals surface area contributed by atoms with E-state index in [1.54, 1.807) is 6.07 Å². The van der Waals surface area contributed by atoms with E-state index >= 15 is 0 Å². The summed E-state index contributed by atoms with van der Waals surface area (Å²) >= 11 is 6.48. The molecule has 0 amide bonds. The quantitative estimate of drug-likeness (QED) is 0.687. The first-order valence-electron chi connectivity index (χ1n) is 3.16. The highest BCUT2D eigenvalue weighted by Gasteiger charge is 2.06. The van der Waals surface area contributed by atoms with Crippen LogP contribution in [0.1, 0.15) is 11.1 Å². The minimum atomic E-state index is -0.204. The first-order chi connectivity index (χ1) is 5.16.